The van der Waals surface area contributed by atoms with Crippen LogP contribution in [0.1, 0.15) is 78.6 Å². The van der Waals surface area contributed by atoms with Gasteiger partial charge < -0.3 is 14.4 Å². The zero-order valence-corrected chi connectivity index (χ0v) is 22.0. The second-order valence-electron chi connectivity index (χ2n) is 9.83. The lowest BCUT2D eigenvalue weighted by atomic mass is 9.97. The summed E-state index contributed by atoms with van der Waals surface area (Å²) in [6, 6.07) is 0.414. The third-order valence-corrected chi connectivity index (χ3v) is 8.17. The van der Waals surface area contributed by atoms with Crippen molar-refractivity contribution < 1.29 is 14.3 Å². The Labute approximate surface area is 205 Å². The van der Waals surface area contributed by atoms with E-state index < -0.39 is 0 Å². The molecule has 1 unspecified atom stereocenters. The minimum atomic E-state index is -0.215. The summed E-state index contributed by atoms with van der Waals surface area (Å²) in [5, 5.41) is 0. The van der Waals surface area contributed by atoms with Gasteiger partial charge in [-0.15, -0.1) is 0 Å². The molecule has 1 atom stereocenters. The highest BCUT2D eigenvalue weighted by molar-refractivity contribution is 8.01. The smallest absolute Gasteiger partial charge is 0.410 e. The molecule has 3 aliphatic rings. The van der Waals surface area contributed by atoms with E-state index in [0.717, 1.165) is 42.6 Å². The van der Waals surface area contributed by atoms with Gasteiger partial charge in [0.2, 0.25) is 0 Å². The largest absolute Gasteiger partial charge is 0.490 e. The van der Waals surface area contributed by atoms with Crippen LogP contribution in [0.15, 0.2) is 46.1 Å². The average molecular weight is 475 g/mol. The van der Waals surface area contributed by atoms with Gasteiger partial charge in [0.25, 0.3) is 0 Å². The molecule has 5 nitrogen and oxygen atoms in total. The average Bonchev–Trinajstić information content (AvgIpc) is 3.42. The minimum absolute atomic E-state index is 0.0943. The monoisotopic (exact) mass is 474 g/mol. The fraction of sp³-hybridized carbons (Fsp3) is 0.667. The Kier molecular flexibility index (Phi) is 9.57. The molecular weight excluding hydrogens is 432 g/mol. The van der Waals surface area contributed by atoms with Gasteiger partial charge in [-0.05, 0) is 95.5 Å². The Morgan fingerprint density at radius 1 is 1.12 bits per heavy atom. The molecule has 184 valence electrons. The summed E-state index contributed by atoms with van der Waals surface area (Å²) >= 11 is 1.72. The van der Waals surface area contributed by atoms with Crippen LogP contribution in [0.25, 0.3) is 0 Å². The Hall–Kier alpha value is -1.66. The summed E-state index contributed by atoms with van der Waals surface area (Å²) in [4.78, 5) is 15.6. The highest BCUT2D eigenvalue weighted by Crippen LogP contribution is 2.39. The van der Waals surface area contributed by atoms with E-state index >= 15 is 0 Å². The maximum absolute atomic E-state index is 12.6. The summed E-state index contributed by atoms with van der Waals surface area (Å²) in [5.41, 5.74) is 3.31. The Bertz CT molecular complexity index is 804. The van der Waals surface area contributed by atoms with Gasteiger partial charge >= 0.3 is 6.09 Å². The van der Waals surface area contributed by atoms with Crippen LogP contribution in [0.5, 0.6) is 0 Å². The van der Waals surface area contributed by atoms with E-state index in [2.05, 4.69) is 43.9 Å². The summed E-state index contributed by atoms with van der Waals surface area (Å²) in [7, 11) is 3.96. The summed E-state index contributed by atoms with van der Waals surface area (Å²) in [6.07, 6.45) is 14.9. The first kappa shape index (κ1) is 26.0. The number of carbonyl (C=O) groups is 1. The molecule has 1 heterocycles. The maximum atomic E-state index is 12.6. The highest BCUT2D eigenvalue weighted by Gasteiger charge is 2.32. The Morgan fingerprint density at radius 2 is 1.76 bits per heavy atom. The molecule has 0 spiro atoms. The Morgan fingerprint density at radius 3 is 2.39 bits per heavy atom. The number of allylic oxidation sites excluding steroid dienone is 4. The van der Waals surface area contributed by atoms with E-state index in [4.69, 9.17) is 9.47 Å². The molecule has 0 saturated heterocycles. The van der Waals surface area contributed by atoms with Crippen LogP contribution in [-0.4, -0.2) is 54.2 Å². The first-order valence-corrected chi connectivity index (χ1v) is 13.3. The lowest BCUT2D eigenvalue weighted by Crippen LogP contribution is -2.36. The molecule has 33 heavy (non-hydrogen) atoms. The fourth-order valence-corrected chi connectivity index (χ4v) is 6.23. The third-order valence-electron chi connectivity index (χ3n) is 7.13. The van der Waals surface area contributed by atoms with Crippen LogP contribution in [0.2, 0.25) is 0 Å². The molecule has 0 radical (unpaired) electrons. The number of carbonyl (C=O) groups excluding carboxylic acids is 1. The molecule has 6 heteroatoms. The van der Waals surface area contributed by atoms with Gasteiger partial charge in [-0.25, -0.2) is 9.10 Å². The summed E-state index contributed by atoms with van der Waals surface area (Å²) in [6.45, 7) is 10.7. The second kappa shape index (κ2) is 12.2. The van der Waals surface area contributed by atoms with Crippen molar-refractivity contribution in [2.24, 2.45) is 0 Å². The predicted octanol–water partition coefficient (Wildman–Crippen LogP) is 6.99. The van der Waals surface area contributed by atoms with Gasteiger partial charge in [-0.2, -0.15) is 0 Å². The second-order valence-corrected chi connectivity index (χ2v) is 11.2. The minimum Gasteiger partial charge on any atom is -0.490 e. The Balaban J connectivity index is 1.66. The third kappa shape index (κ3) is 6.92. The zero-order chi connectivity index (χ0) is 24.0. The quantitative estimate of drug-likeness (QED) is 0.215. The zero-order valence-electron chi connectivity index (χ0n) is 21.2. The van der Waals surface area contributed by atoms with E-state index in [-0.39, 0.29) is 12.1 Å². The normalized spacial score (nSPS) is 23.8. The van der Waals surface area contributed by atoms with Crippen molar-refractivity contribution in [2.45, 2.75) is 96.7 Å². The molecule has 0 bridgehead atoms. The summed E-state index contributed by atoms with van der Waals surface area (Å²) < 4.78 is 14.3. The van der Waals surface area contributed by atoms with Crippen molar-refractivity contribution in [1.29, 1.82) is 0 Å². The maximum Gasteiger partial charge on any atom is 0.410 e. The van der Waals surface area contributed by atoms with Gasteiger partial charge in [-0.1, -0.05) is 37.5 Å². The van der Waals surface area contributed by atoms with Gasteiger partial charge in [0.15, 0.2) is 0 Å². The predicted molar refractivity (Wildman–Crippen MR) is 138 cm³/mol. The number of nitrogens with zero attached hydrogens (tertiary/aromatic N) is 2. The molecule has 0 aromatic carbocycles. The molecule has 3 rings (SSSR count). The van der Waals surface area contributed by atoms with E-state index in [9.17, 15) is 4.79 Å². The number of hydrogen-bond donors (Lipinski definition) is 0. The van der Waals surface area contributed by atoms with Crippen LogP contribution < -0.4 is 0 Å². The molecule has 0 N–H and O–H groups in total. The van der Waals surface area contributed by atoms with Crippen molar-refractivity contribution in [1.82, 2.24) is 9.21 Å². The molecule has 2 saturated carbocycles. The van der Waals surface area contributed by atoms with E-state index in [1.165, 1.54) is 42.6 Å². The van der Waals surface area contributed by atoms with Crippen molar-refractivity contribution >= 4 is 18.0 Å². The first-order chi connectivity index (χ1) is 15.8. The van der Waals surface area contributed by atoms with Crippen LogP contribution in [0, 0.1) is 0 Å². The number of rotatable bonds is 8. The fourth-order valence-electron chi connectivity index (χ4n) is 5.11. The SMILES string of the molecule is C=C(C)/C(=C\C=C(/C)C1C(COC(=O)N(C)C2CCCC2)=C(C)SN1C)OC1CCCCC1. The summed E-state index contributed by atoms with van der Waals surface area (Å²) in [5.74, 6) is 0.876. The van der Waals surface area contributed by atoms with Crippen molar-refractivity contribution in [3.05, 3.63) is 46.1 Å². The van der Waals surface area contributed by atoms with Crippen LogP contribution >= 0.6 is 11.9 Å². The number of ether oxygens (including phenoxy) is 2. The van der Waals surface area contributed by atoms with Gasteiger partial charge in [-0.3, -0.25) is 0 Å². The molecule has 1 amide bonds. The highest BCUT2D eigenvalue weighted by atomic mass is 32.2. The number of likely N-dealkylation sites (N-methyl/N-ethyl adjacent to an activating group) is 1. The van der Waals surface area contributed by atoms with Crippen molar-refractivity contribution in [3.63, 3.8) is 0 Å². The molecule has 1 aliphatic heterocycles. The lowest BCUT2D eigenvalue weighted by Gasteiger charge is -2.26. The van der Waals surface area contributed by atoms with E-state index in [1.807, 2.05) is 14.0 Å². The molecule has 0 aromatic rings. The van der Waals surface area contributed by atoms with Gasteiger partial charge in [0.05, 0.1) is 12.1 Å². The first-order valence-electron chi connectivity index (χ1n) is 12.5. The molecule has 0 aromatic heterocycles. The van der Waals surface area contributed by atoms with Crippen LogP contribution in [0.4, 0.5) is 4.79 Å². The molecule has 2 fully saturated rings. The topological polar surface area (TPSA) is 42.0 Å². The van der Waals surface area contributed by atoms with E-state index in [0.29, 0.717) is 18.8 Å². The van der Waals surface area contributed by atoms with Gasteiger partial charge in [0, 0.05) is 18.0 Å². The van der Waals surface area contributed by atoms with Crippen molar-refractivity contribution in [2.75, 3.05) is 20.7 Å². The number of amides is 1. The van der Waals surface area contributed by atoms with Crippen LogP contribution in [0.3, 0.4) is 0 Å². The standard InChI is InChI=1S/C27H42N2O3S/c1-19(2)25(32-23-14-8-7-9-15-23)17-16-20(3)26-24(21(4)33-29(26)6)18-31-27(30)28(5)22-12-10-11-13-22/h16-17,22-23,26H,1,7-15,18H2,2-6H3/b20-16+,25-17+. The number of hydrogen-bond acceptors (Lipinski definition) is 5. The molecule has 2 aliphatic carbocycles. The van der Waals surface area contributed by atoms with Gasteiger partial charge in [0.1, 0.15) is 12.4 Å². The van der Waals surface area contributed by atoms with Crippen LogP contribution in [-0.2, 0) is 9.47 Å². The molecular formula is C27H42N2O3S. The van der Waals surface area contributed by atoms with E-state index in [1.54, 1.807) is 16.8 Å². The lowest BCUT2D eigenvalue weighted by molar-refractivity contribution is 0.0876. The van der Waals surface area contributed by atoms with Crippen molar-refractivity contribution in [3.8, 4) is 0 Å².